The van der Waals surface area contributed by atoms with E-state index in [1.807, 2.05) is 42.5 Å². The summed E-state index contributed by atoms with van der Waals surface area (Å²) in [5.74, 6) is 0. The highest BCUT2D eigenvalue weighted by Crippen LogP contribution is 2.11. The van der Waals surface area contributed by atoms with Crippen LogP contribution in [-0.4, -0.2) is 31.8 Å². The van der Waals surface area contributed by atoms with Crippen molar-refractivity contribution in [2.24, 2.45) is 0 Å². The second kappa shape index (κ2) is 6.09. The minimum absolute atomic E-state index is 0.0135. The van der Waals surface area contributed by atoms with Crippen LogP contribution < -0.4 is 0 Å². The number of hydrogen-bond donors (Lipinski definition) is 2. The molecule has 1 heterocycles. The van der Waals surface area contributed by atoms with Crippen LogP contribution in [0.25, 0.3) is 12.2 Å². The van der Waals surface area contributed by atoms with Crippen LogP contribution in [0.15, 0.2) is 30.3 Å². The number of aliphatic hydroxyl groups is 2. The number of aliphatic hydroxyl groups excluding tert-OH is 2. The van der Waals surface area contributed by atoms with Crippen molar-refractivity contribution in [1.29, 1.82) is 0 Å². The Hall–Kier alpha value is -1.98. The van der Waals surface area contributed by atoms with Crippen molar-refractivity contribution in [3.63, 3.8) is 0 Å². The second-order valence-electron chi connectivity index (χ2n) is 3.77. The van der Waals surface area contributed by atoms with E-state index in [9.17, 15) is 5.11 Å². The van der Waals surface area contributed by atoms with Crippen molar-refractivity contribution in [2.45, 2.75) is 13.2 Å². The van der Waals surface area contributed by atoms with Gasteiger partial charge in [0.15, 0.2) is 0 Å². The van der Waals surface area contributed by atoms with Crippen LogP contribution in [0.1, 0.15) is 17.0 Å². The lowest BCUT2D eigenvalue weighted by molar-refractivity contribution is 0.267. The van der Waals surface area contributed by atoms with Crippen LogP contribution in [0.4, 0.5) is 0 Å². The molecule has 0 fully saturated rings. The van der Waals surface area contributed by atoms with Crippen molar-refractivity contribution in [3.8, 4) is 0 Å². The third-order valence-electron chi connectivity index (χ3n) is 2.54. The molecule has 1 aromatic heterocycles. The molecular weight excluding hydrogens is 230 g/mol. The van der Waals surface area contributed by atoms with Crippen LogP contribution >= 0.6 is 0 Å². The molecule has 18 heavy (non-hydrogen) atoms. The van der Waals surface area contributed by atoms with Crippen LogP contribution in [-0.2, 0) is 13.2 Å². The Morgan fingerprint density at radius 1 is 1.11 bits per heavy atom. The van der Waals surface area contributed by atoms with Gasteiger partial charge in [0.25, 0.3) is 0 Å². The number of aromatic nitrogens is 3. The van der Waals surface area contributed by atoms with Crippen molar-refractivity contribution < 1.29 is 10.2 Å². The molecule has 2 N–H and O–H groups in total. The number of nitrogens with zero attached hydrogens (tertiary/aromatic N) is 3. The van der Waals surface area contributed by atoms with Gasteiger partial charge < -0.3 is 10.2 Å². The molecule has 0 radical (unpaired) electrons. The van der Waals surface area contributed by atoms with E-state index in [0.29, 0.717) is 12.2 Å². The first-order chi connectivity index (χ1) is 8.85. The monoisotopic (exact) mass is 245 g/mol. The molecule has 0 saturated carbocycles. The quantitative estimate of drug-likeness (QED) is 0.822. The van der Waals surface area contributed by atoms with E-state index in [2.05, 4.69) is 10.3 Å². The first-order valence-electron chi connectivity index (χ1n) is 5.72. The van der Waals surface area contributed by atoms with E-state index >= 15 is 0 Å². The highest BCUT2D eigenvalue weighted by molar-refractivity contribution is 5.68. The van der Waals surface area contributed by atoms with Gasteiger partial charge in [-0.15, -0.1) is 5.10 Å². The van der Waals surface area contributed by atoms with Gasteiger partial charge in [-0.2, -0.15) is 0 Å². The smallest absolute Gasteiger partial charge is 0.115 e. The molecule has 0 aliphatic heterocycles. The molecule has 0 atom stereocenters. The molecule has 0 unspecified atom stereocenters. The Morgan fingerprint density at radius 2 is 1.89 bits per heavy atom. The maximum absolute atomic E-state index is 9.18. The van der Waals surface area contributed by atoms with Gasteiger partial charge in [0.1, 0.15) is 5.69 Å². The summed E-state index contributed by atoms with van der Waals surface area (Å²) in [7, 11) is 0. The van der Waals surface area contributed by atoms with Gasteiger partial charge in [0.2, 0.25) is 0 Å². The van der Waals surface area contributed by atoms with Gasteiger partial charge in [-0.3, -0.25) is 0 Å². The molecule has 5 nitrogen and oxygen atoms in total. The summed E-state index contributed by atoms with van der Waals surface area (Å²) >= 11 is 0. The van der Waals surface area contributed by atoms with Gasteiger partial charge >= 0.3 is 0 Å². The Labute approximate surface area is 105 Å². The summed E-state index contributed by atoms with van der Waals surface area (Å²) in [6.07, 6.45) is 3.77. The molecular formula is C13H15N3O2. The molecule has 0 aliphatic rings. The Morgan fingerprint density at radius 3 is 2.56 bits per heavy atom. The number of rotatable bonds is 5. The molecule has 5 heteroatoms. The fourth-order valence-corrected chi connectivity index (χ4v) is 1.65. The van der Waals surface area contributed by atoms with Crippen molar-refractivity contribution in [3.05, 3.63) is 47.3 Å². The lowest BCUT2D eigenvalue weighted by atomic mass is 10.2. The maximum atomic E-state index is 9.18. The van der Waals surface area contributed by atoms with E-state index in [1.165, 1.54) is 0 Å². The van der Waals surface area contributed by atoms with E-state index in [4.69, 9.17) is 5.11 Å². The average Bonchev–Trinajstić information content (AvgIpc) is 2.80. The third-order valence-corrected chi connectivity index (χ3v) is 2.54. The molecule has 1 aromatic carbocycles. The summed E-state index contributed by atoms with van der Waals surface area (Å²) in [6.45, 7) is 0.182. The molecule has 94 valence electrons. The SMILES string of the molecule is OCCn1nnc(CO)c1/C=C/c1ccccc1. The zero-order valence-corrected chi connectivity index (χ0v) is 9.90. The standard InChI is InChI=1S/C13H15N3O2/c17-9-8-16-13(12(10-18)14-15-16)7-6-11-4-2-1-3-5-11/h1-7,17-18H,8-10H2/b7-6+. The molecule has 0 amide bonds. The maximum Gasteiger partial charge on any atom is 0.115 e. The molecule has 0 spiro atoms. The Balaban J connectivity index is 2.27. The normalized spacial score (nSPS) is 11.2. The van der Waals surface area contributed by atoms with Crippen molar-refractivity contribution in [1.82, 2.24) is 15.0 Å². The van der Waals surface area contributed by atoms with E-state index in [1.54, 1.807) is 4.68 Å². The Kier molecular flexibility index (Phi) is 4.22. The van der Waals surface area contributed by atoms with E-state index in [0.717, 1.165) is 11.3 Å². The highest BCUT2D eigenvalue weighted by atomic mass is 16.3. The van der Waals surface area contributed by atoms with Gasteiger partial charge in [-0.05, 0) is 11.6 Å². The van der Waals surface area contributed by atoms with E-state index < -0.39 is 0 Å². The Bertz CT molecular complexity index is 520. The molecule has 0 aliphatic carbocycles. The lowest BCUT2D eigenvalue weighted by Gasteiger charge is -2.01. The molecule has 2 aromatic rings. The van der Waals surface area contributed by atoms with Gasteiger partial charge in [-0.25, -0.2) is 4.68 Å². The number of benzene rings is 1. The summed E-state index contributed by atoms with van der Waals surface area (Å²) in [6, 6.07) is 9.82. The summed E-state index contributed by atoms with van der Waals surface area (Å²) in [5, 5.41) is 25.9. The second-order valence-corrected chi connectivity index (χ2v) is 3.77. The fourth-order valence-electron chi connectivity index (χ4n) is 1.65. The van der Waals surface area contributed by atoms with Crippen molar-refractivity contribution >= 4 is 12.2 Å². The minimum Gasteiger partial charge on any atom is -0.394 e. The molecule has 2 rings (SSSR count). The zero-order chi connectivity index (χ0) is 12.8. The predicted molar refractivity (Wildman–Crippen MR) is 68.4 cm³/mol. The zero-order valence-electron chi connectivity index (χ0n) is 9.90. The third kappa shape index (κ3) is 2.82. The van der Waals surface area contributed by atoms with E-state index in [-0.39, 0.29) is 13.2 Å². The van der Waals surface area contributed by atoms with Gasteiger partial charge in [0, 0.05) is 0 Å². The average molecular weight is 245 g/mol. The predicted octanol–water partition coefficient (Wildman–Crippen LogP) is 0.933. The van der Waals surface area contributed by atoms with Crippen LogP contribution in [0, 0.1) is 0 Å². The summed E-state index contributed by atoms with van der Waals surface area (Å²) in [4.78, 5) is 0. The van der Waals surface area contributed by atoms with Crippen LogP contribution in [0.5, 0.6) is 0 Å². The topological polar surface area (TPSA) is 71.2 Å². The highest BCUT2D eigenvalue weighted by Gasteiger charge is 2.08. The summed E-state index contributed by atoms with van der Waals surface area (Å²) in [5.41, 5.74) is 2.28. The largest absolute Gasteiger partial charge is 0.394 e. The first kappa shape index (κ1) is 12.5. The van der Waals surface area contributed by atoms with Gasteiger partial charge in [-0.1, -0.05) is 41.6 Å². The number of hydrogen-bond acceptors (Lipinski definition) is 4. The van der Waals surface area contributed by atoms with Crippen LogP contribution in [0.3, 0.4) is 0 Å². The van der Waals surface area contributed by atoms with Gasteiger partial charge in [0.05, 0.1) is 25.5 Å². The molecule has 0 bridgehead atoms. The van der Waals surface area contributed by atoms with Crippen molar-refractivity contribution in [2.75, 3.05) is 6.61 Å². The summed E-state index contributed by atoms with van der Waals surface area (Å²) < 4.78 is 1.57. The van der Waals surface area contributed by atoms with Crippen LogP contribution in [0.2, 0.25) is 0 Å². The molecule has 0 saturated heterocycles. The minimum atomic E-state index is -0.167. The fraction of sp³-hybridized carbons (Fsp3) is 0.231. The lowest BCUT2D eigenvalue weighted by Crippen LogP contribution is -2.06. The first-order valence-corrected chi connectivity index (χ1v) is 5.72.